The summed E-state index contributed by atoms with van der Waals surface area (Å²) in [6.07, 6.45) is 3.16. The standard InChI is InChI=1S/C19H29N5O2S/c1-12(2)7-10-24-19(26)23-9-8-14(5-6-16(23)22-24)20-17(25)18-21-15(11-27-18)13(3)4/h11-14H,5-10H2,1-4H3,(H,20,25). The zero-order valence-electron chi connectivity index (χ0n) is 16.6. The van der Waals surface area contributed by atoms with Gasteiger partial charge in [-0.25, -0.2) is 14.5 Å². The summed E-state index contributed by atoms with van der Waals surface area (Å²) in [6, 6.07) is 0.0362. The van der Waals surface area contributed by atoms with Crippen LogP contribution in [0.3, 0.4) is 0 Å². The molecule has 1 unspecified atom stereocenters. The Labute approximate surface area is 163 Å². The lowest BCUT2D eigenvalue weighted by Crippen LogP contribution is -2.35. The van der Waals surface area contributed by atoms with Gasteiger partial charge in [0.15, 0.2) is 5.01 Å². The second kappa shape index (κ2) is 8.37. The van der Waals surface area contributed by atoms with Crippen molar-refractivity contribution in [3.8, 4) is 0 Å². The van der Waals surface area contributed by atoms with Gasteiger partial charge in [-0.3, -0.25) is 9.36 Å². The lowest BCUT2D eigenvalue weighted by molar-refractivity contribution is 0.0932. The van der Waals surface area contributed by atoms with Gasteiger partial charge >= 0.3 is 5.69 Å². The lowest BCUT2D eigenvalue weighted by Gasteiger charge is -2.15. The molecule has 27 heavy (non-hydrogen) atoms. The first kappa shape index (κ1) is 19.8. The summed E-state index contributed by atoms with van der Waals surface area (Å²) < 4.78 is 3.37. The van der Waals surface area contributed by atoms with E-state index in [0.717, 1.165) is 30.8 Å². The van der Waals surface area contributed by atoms with Crippen molar-refractivity contribution in [1.29, 1.82) is 0 Å². The Balaban J connectivity index is 1.61. The summed E-state index contributed by atoms with van der Waals surface area (Å²) in [6.45, 7) is 9.68. The van der Waals surface area contributed by atoms with Crippen molar-refractivity contribution in [3.05, 3.63) is 32.4 Å². The number of thiazole rings is 1. The molecule has 0 aliphatic carbocycles. The minimum atomic E-state index is -0.120. The van der Waals surface area contributed by atoms with Crippen LogP contribution < -0.4 is 11.0 Å². The molecule has 2 aromatic rings. The van der Waals surface area contributed by atoms with Crippen molar-refractivity contribution in [2.24, 2.45) is 5.92 Å². The van der Waals surface area contributed by atoms with Gasteiger partial charge in [-0.15, -0.1) is 11.3 Å². The molecular formula is C19H29N5O2S. The second-order valence-electron chi connectivity index (χ2n) is 7.99. The van der Waals surface area contributed by atoms with Crippen LogP contribution in [0, 0.1) is 5.92 Å². The average Bonchev–Trinajstić information content (AvgIpc) is 3.16. The molecule has 3 rings (SSSR count). The molecule has 3 heterocycles. The predicted octanol–water partition coefficient (Wildman–Crippen LogP) is 2.81. The van der Waals surface area contributed by atoms with Crippen LogP contribution in [0.5, 0.6) is 0 Å². The molecule has 0 saturated heterocycles. The van der Waals surface area contributed by atoms with Crippen LogP contribution in [0.1, 0.15) is 74.2 Å². The maximum Gasteiger partial charge on any atom is 0.345 e. The van der Waals surface area contributed by atoms with Gasteiger partial charge < -0.3 is 5.32 Å². The first-order valence-electron chi connectivity index (χ1n) is 9.78. The maximum absolute atomic E-state index is 12.6. The number of carbonyl (C=O) groups excluding carboxylic acids is 1. The molecule has 0 fully saturated rings. The van der Waals surface area contributed by atoms with Gasteiger partial charge in [-0.05, 0) is 31.1 Å². The molecular weight excluding hydrogens is 362 g/mol. The quantitative estimate of drug-likeness (QED) is 0.821. The van der Waals surface area contributed by atoms with Crippen molar-refractivity contribution in [2.75, 3.05) is 0 Å². The average molecular weight is 392 g/mol. The molecule has 0 aromatic carbocycles. The van der Waals surface area contributed by atoms with Crippen LogP contribution in [-0.4, -0.2) is 31.3 Å². The summed E-state index contributed by atoms with van der Waals surface area (Å²) >= 11 is 1.39. The number of amides is 1. The number of hydrogen-bond acceptors (Lipinski definition) is 5. The summed E-state index contributed by atoms with van der Waals surface area (Å²) in [5.74, 6) is 1.57. The van der Waals surface area contributed by atoms with E-state index in [4.69, 9.17) is 0 Å². The molecule has 0 saturated carbocycles. The Morgan fingerprint density at radius 2 is 2.11 bits per heavy atom. The fourth-order valence-electron chi connectivity index (χ4n) is 3.20. The fourth-order valence-corrected chi connectivity index (χ4v) is 4.08. The second-order valence-corrected chi connectivity index (χ2v) is 8.84. The Bertz CT molecular complexity index is 849. The molecule has 8 heteroatoms. The molecule has 2 aromatic heterocycles. The molecule has 1 atom stereocenters. The van der Waals surface area contributed by atoms with Crippen molar-refractivity contribution in [2.45, 2.75) is 78.4 Å². The first-order valence-corrected chi connectivity index (χ1v) is 10.7. The van der Waals surface area contributed by atoms with E-state index in [2.05, 4.69) is 43.1 Å². The largest absolute Gasteiger partial charge is 0.347 e. The normalized spacial score (nSPS) is 17.2. The molecule has 1 N–H and O–H groups in total. The highest BCUT2D eigenvalue weighted by Crippen LogP contribution is 2.19. The lowest BCUT2D eigenvalue weighted by atomic mass is 10.1. The van der Waals surface area contributed by atoms with Crippen LogP contribution in [0.25, 0.3) is 0 Å². The summed E-state index contributed by atoms with van der Waals surface area (Å²) in [5.41, 5.74) is 0.923. The zero-order valence-corrected chi connectivity index (χ0v) is 17.4. The van der Waals surface area contributed by atoms with Crippen LogP contribution in [0.2, 0.25) is 0 Å². The van der Waals surface area contributed by atoms with E-state index < -0.39 is 0 Å². The van der Waals surface area contributed by atoms with Crippen molar-refractivity contribution in [1.82, 2.24) is 24.6 Å². The number of aryl methyl sites for hydroxylation is 2. The highest BCUT2D eigenvalue weighted by Gasteiger charge is 2.23. The van der Waals surface area contributed by atoms with E-state index in [0.29, 0.717) is 36.4 Å². The van der Waals surface area contributed by atoms with Gasteiger partial charge in [0.1, 0.15) is 5.82 Å². The van der Waals surface area contributed by atoms with Crippen LogP contribution in [0.15, 0.2) is 10.2 Å². The molecule has 7 nitrogen and oxygen atoms in total. The van der Waals surface area contributed by atoms with E-state index in [1.807, 2.05) is 5.38 Å². The number of nitrogens with zero attached hydrogens (tertiary/aromatic N) is 4. The Hall–Kier alpha value is -1.96. The van der Waals surface area contributed by atoms with E-state index in [-0.39, 0.29) is 17.6 Å². The minimum Gasteiger partial charge on any atom is -0.347 e. The van der Waals surface area contributed by atoms with Gasteiger partial charge in [0.25, 0.3) is 5.91 Å². The van der Waals surface area contributed by atoms with Crippen LogP contribution in [-0.2, 0) is 19.5 Å². The minimum absolute atomic E-state index is 0.0286. The Morgan fingerprint density at radius 1 is 1.33 bits per heavy atom. The monoisotopic (exact) mass is 391 g/mol. The highest BCUT2D eigenvalue weighted by molar-refractivity contribution is 7.11. The highest BCUT2D eigenvalue weighted by atomic mass is 32.1. The Morgan fingerprint density at radius 3 is 2.78 bits per heavy atom. The third-order valence-electron chi connectivity index (χ3n) is 4.98. The molecule has 148 valence electrons. The molecule has 0 spiro atoms. The molecule has 1 aliphatic rings. The third-order valence-corrected chi connectivity index (χ3v) is 5.84. The number of rotatable bonds is 6. The topological polar surface area (TPSA) is 81.8 Å². The predicted molar refractivity (Wildman–Crippen MR) is 106 cm³/mol. The van der Waals surface area contributed by atoms with Gasteiger partial charge in [0, 0.05) is 30.9 Å². The van der Waals surface area contributed by atoms with E-state index >= 15 is 0 Å². The smallest absolute Gasteiger partial charge is 0.345 e. The Kier molecular flexibility index (Phi) is 6.14. The molecule has 0 radical (unpaired) electrons. The van der Waals surface area contributed by atoms with E-state index in [9.17, 15) is 9.59 Å². The first-order chi connectivity index (χ1) is 12.8. The van der Waals surface area contributed by atoms with Crippen molar-refractivity contribution < 1.29 is 4.79 Å². The van der Waals surface area contributed by atoms with E-state index in [1.54, 1.807) is 9.25 Å². The number of carbonyl (C=O) groups is 1. The fraction of sp³-hybridized carbons (Fsp3) is 0.684. The van der Waals surface area contributed by atoms with Crippen LogP contribution >= 0.6 is 11.3 Å². The number of nitrogens with one attached hydrogen (secondary N) is 1. The van der Waals surface area contributed by atoms with Crippen molar-refractivity contribution in [3.63, 3.8) is 0 Å². The van der Waals surface area contributed by atoms with Gasteiger partial charge in [-0.1, -0.05) is 27.7 Å². The third kappa shape index (κ3) is 4.66. The SMILES string of the molecule is CC(C)CCn1nc2n(c1=O)CCC(NC(=O)c1nc(C(C)C)cs1)CC2. The summed E-state index contributed by atoms with van der Waals surface area (Å²) in [4.78, 5) is 29.5. The number of fused-ring (bicyclic) bond motifs is 1. The van der Waals surface area contributed by atoms with Gasteiger partial charge in [-0.2, -0.15) is 5.10 Å². The molecule has 0 bridgehead atoms. The molecule has 1 aliphatic heterocycles. The van der Waals surface area contributed by atoms with Gasteiger partial charge in [0.2, 0.25) is 0 Å². The summed E-state index contributed by atoms with van der Waals surface area (Å²) in [7, 11) is 0. The van der Waals surface area contributed by atoms with Crippen LogP contribution in [0.4, 0.5) is 0 Å². The van der Waals surface area contributed by atoms with Gasteiger partial charge in [0.05, 0.1) is 5.69 Å². The zero-order chi connectivity index (χ0) is 19.6. The number of hydrogen-bond donors (Lipinski definition) is 1. The van der Waals surface area contributed by atoms with Crippen molar-refractivity contribution >= 4 is 17.2 Å². The number of aromatic nitrogens is 4. The molecule has 1 amide bonds. The summed E-state index contributed by atoms with van der Waals surface area (Å²) in [5, 5.41) is 10.1. The maximum atomic E-state index is 12.6. The van der Waals surface area contributed by atoms with E-state index in [1.165, 1.54) is 11.3 Å².